The molecule has 0 aliphatic carbocycles. The second kappa shape index (κ2) is 5.98. The Kier molecular flexibility index (Phi) is 4.60. The monoisotopic (exact) mass is 253 g/mol. The molecule has 1 atom stereocenters. The van der Waals surface area contributed by atoms with Crippen molar-refractivity contribution >= 4 is 11.3 Å². The van der Waals surface area contributed by atoms with E-state index in [2.05, 4.69) is 36.7 Å². The molecule has 0 saturated carbocycles. The van der Waals surface area contributed by atoms with Crippen LogP contribution in [0.15, 0.2) is 17.5 Å². The molecule has 1 saturated heterocycles. The van der Waals surface area contributed by atoms with Crippen LogP contribution in [0.4, 0.5) is 0 Å². The van der Waals surface area contributed by atoms with Crippen LogP contribution in [0.5, 0.6) is 0 Å². The van der Waals surface area contributed by atoms with Gasteiger partial charge in [0.2, 0.25) is 0 Å². The minimum absolute atomic E-state index is 0.333. The summed E-state index contributed by atoms with van der Waals surface area (Å²) in [6, 6.07) is 4.39. The molecule has 1 aliphatic heterocycles. The lowest BCUT2D eigenvalue weighted by molar-refractivity contribution is 0.149. The third-order valence-corrected chi connectivity index (χ3v) is 4.24. The quantitative estimate of drug-likeness (QED) is 0.841. The first-order valence-electron chi connectivity index (χ1n) is 6.51. The van der Waals surface area contributed by atoms with Crippen molar-refractivity contribution in [1.82, 2.24) is 5.32 Å². The third kappa shape index (κ3) is 3.80. The van der Waals surface area contributed by atoms with Crippen LogP contribution in [0.2, 0.25) is 0 Å². The van der Waals surface area contributed by atoms with E-state index in [4.69, 9.17) is 4.74 Å². The molecule has 2 heterocycles. The maximum Gasteiger partial charge on any atom is 0.0538 e. The van der Waals surface area contributed by atoms with E-state index < -0.39 is 0 Å². The van der Waals surface area contributed by atoms with Crippen LogP contribution >= 0.6 is 11.3 Å². The number of nitrogens with one attached hydrogen (secondary N) is 1. The van der Waals surface area contributed by atoms with E-state index in [-0.39, 0.29) is 0 Å². The standard InChI is InChI=1S/C14H23NOS/c1-12(2)9-15-10-14(5-6-16-11-14)8-13-4-3-7-17-13/h3-4,7,12,15H,5-6,8-11H2,1-2H3. The fourth-order valence-electron chi connectivity index (χ4n) is 2.40. The Bertz CT molecular complexity index is 315. The van der Waals surface area contributed by atoms with Crippen molar-refractivity contribution in [3.05, 3.63) is 22.4 Å². The Morgan fingerprint density at radius 2 is 2.41 bits per heavy atom. The highest BCUT2D eigenvalue weighted by Gasteiger charge is 2.34. The molecule has 0 amide bonds. The van der Waals surface area contributed by atoms with Gasteiger partial charge >= 0.3 is 0 Å². The maximum absolute atomic E-state index is 5.63. The molecule has 1 N–H and O–H groups in total. The lowest BCUT2D eigenvalue weighted by Crippen LogP contribution is -2.38. The number of rotatable bonds is 6. The van der Waals surface area contributed by atoms with Crippen LogP contribution < -0.4 is 5.32 Å². The minimum atomic E-state index is 0.333. The molecular weight excluding hydrogens is 230 g/mol. The minimum Gasteiger partial charge on any atom is -0.381 e. The van der Waals surface area contributed by atoms with Crippen LogP contribution in [0.25, 0.3) is 0 Å². The van der Waals surface area contributed by atoms with E-state index in [9.17, 15) is 0 Å². The molecule has 2 rings (SSSR count). The summed E-state index contributed by atoms with van der Waals surface area (Å²) < 4.78 is 5.63. The van der Waals surface area contributed by atoms with Crippen molar-refractivity contribution < 1.29 is 4.74 Å². The normalized spacial score (nSPS) is 24.6. The van der Waals surface area contributed by atoms with Crippen molar-refractivity contribution in [2.24, 2.45) is 11.3 Å². The molecule has 17 heavy (non-hydrogen) atoms. The van der Waals surface area contributed by atoms with Crippen LogP contribution in [0.1, 0.15) is 25.1 Å². The van der Waals surface area contributed by atoms with Crippen molar-refractivity contribution in [2.45, 2.75) is 26.7 Å². The van der Waals surface area contributed by atoms with E-state index >= 15 is 0 Å². The number of ether oxygens (including phenoxy) is 1. The Hall–Kier alpha value is -0.380. The smallest absolute Gasteiger partial charge is 0.0538 e. The van der Waals surface area contributed by atoms with E-state index in [1.54, 1.807) is 0 Å². The van der Waals surface area contributed by atoms with E-state index in [0.29, 0.717) is 5.41 Å². The molecular formula is C14H23NOS. The van der Waals surface area contributed by atoms with Crippen molar-refractivity contribution in [3.63, 3.8) is 0 Å². The van der Waals surface area contributed by atoms with E-state index in [1.807, 2.05) is 11.3 Å². The Balaban J connectivity index is 1.90. The van der Waals surface area contributed by atoms with Gasteiger partial charge in [0.05, 0.1) is 6.61 Å². The topological polar surface area (TPSA) is 21.3 Å². The summed E-state index contributed by atoms with van der Waals surface area (Å²) >= 11 is 1.86. The van der Waals surface area contributed by atoms with Crippen LogP contribution in [-0.4, -0.2) is 26.3 Å². The summed E-state index contributed by atoms with van der Waals surface area (Å²) in [5.74, 6) is 0.719. The average Bonchev–Trinajstić information content (AvgIpc) is 2.90. The van der Waals surface area contributed by atoms with Gasteiger partial charge in [-0.3, -0.25) is 0 Å². The Morgan fingerprint density at radius 1 is 1.53 bits per heavy atom. The molecule has 3 heteroatoms. The zero-order chi connectivity index (χ0) is 12.1. The summed E-state index contributed by atoms with van der Waals surface area (Å²) in [5, 5.41) is 5.77. The van der Waals surface area contributed by atoms with Crippen molar-refractivity contribution in [2.75, 3.05) is 26.3 Å². The van der Waals surface area contributed by atoms with Gasteiger partial charge in [-0.05, 0) is 36.8 Å². The van der Waals surface area contributed by atoms with Crippen LogP contribution in [0, 0.1) is 11.3 Å². The lowest BCUT2D eigenvalue weighted by Gasteiger charge is -2.27. The number of hydrogen-bond acceptors (Lipinski definition) is 3. The number of hydrogen-bond donors (Lipinski definition) is 1. The van der Waals surface area contributed by atoms with Crippen molar-refractivity contribution in [3.8, 4) is 0 Å². The van der Waals surface area contributed by atoms with E-state index in [0.717, 1.165) is 38.6 Å². The van der Waals surface area contributed by atoms with Gasteiger partial charge in [-0.1, -0.05) is 19.9 Å². The van der Waals surface area contributed by atoms with Crippen molar-refractivity contribution in [1.29, 1.82) is 0 Å². The largest absolute Gasteiger partial charge is 0.381 e. The van der Waals surface area contributed by atoms with Gasteiger partial charge in [0.15, 0.2) is 0 Å². The summed E-state index contributed by atoms with van der Waals surface area (Å²) in [7, 11) is 0. The first-order valence-corrected chi connectivity index (χ1v) is 7.39. The Morgan fingerprint density at radius 3 is 3.00 bits per heavy atom. The highest BCUT2D eigenvalue weighted by Crippen LogP contribution is 2.33. The van der Waals surface area contributed by atoms with Gasteiger partial charge in [-0.2, -0.15) is 0 Å². The maximum atomic E-state index is 5.63. The van der Waals surface area contributed by atoms with Gasteiger partial charge in [0, 0.05) is 23.4 Å². The molecule has 1 aromatic rings. The molecule has 2 nitrogen and oxygen atoms in total. The Labute approximate surface area is 108 Å². The second-order valence-electron chi connectivity index (χ2n) is 5.58. The molecule has 0 spiro atoms. The third-order valence-electron chi connectivity index (χ3n) is 3.37. The van der Waals surface area contributed by atoms with Gasteiger partial charge in [0.25, 0.3) is 0 Å². The predicted molar refractivity (Wildman–Crippen MR) is 73.6 cm³/mol. The fraction of sp³-hybridized carbons (Fsp3) is 0.714. The van der Waals surface area contributed by atoms with Crippen LogP contribution in [-0.2, 0) is 11.2 Å². The first kappa shape index (κ1) is 13.1. The average molecular weight is 253 g/mol. The molecule has 1 aliphatic rings. The second-order valence-corrected chi connectivity index (χ2v) is 6.62. The molecule has 0 radical (unpaired) electrons. The van der Waals surface area contributed by atoms with Crippen LogP contribution in [0.3, 0.4) is 0 Å². The summed E-state index contributed by atoms with van der Waals surface area (Å²) in [6.07, 6.45) is 2.35. The van der Waals surface area contributed by atoms with Gasteiger partial charge in [-0.15, -0.1) is 11.3 Å². The molecule has 1 fully saturated rings. The van der Waals surface area contributed by atoms with Gasteiger partial charge in [0.1, 0.15) is 0 Å². The fourth-order valence-corrected chi connectivity index (χ4v) is 3.28. The highest BCUT2D eigenvalue weighted by molar-refractivity contribution is 7.09. The summed E-state index contributed by atoms with van der Waals surface area (Å²) in [6.45, 7) is 8.54. The van der Waals surface area contributed by atoms with Gasteiger partial charge in [-0.25, -0.2) is 0 Å². The summed E-state index contributed by atoms with van der Waals surface area (Å²) in [5.41, 5.74) is 0.333. The molecule has 1 aromatic heterocycles. The molecule has 0 bridgehead atoms. The summed E-state index contributed by atoms with van der Waals surface area (Å²) in [4.78, 5) is 1.49. The zero-order valence-electron chi connectivity index (χ0n) is 10.9. The highest BCUT2D eigenvalue weighted by atomic mass is 32.1. The van der Waals surface area contributed by atoms with E-state index in [1.165, 1.54) is 11.3 Å². The lowest BCUT2D eigenvalue weighted by atomic mass is 9.83. The van der Waals surface area contributed by atoms with Gasteiger partial charge < -0.3 is 10.1 Å². The SMILES string of the molecule is CC(C)CNCC1(Cc2cccs2)CCOC1. The first-order chi connectivity index (χ1) is 8.20. The molecule has 0 aromatic carbocycles. The molecule has 96 valence electrons. The molecule has 1 unspecified atom stereocenters. The number of thiophene rings is 1. The predicted octanol–water partition coefficient (Wildman–Crippen LogP) is 2.94. The zero-order valence-corrected chi connectivity index (χ0v) is 11.7.